The van der Waals surface area contributed by atoms with Gasteiger partial charge in [-0.25, -0.2) is 0 Å². The first-order valence-corrected chi connectivity index (χ1v) is 12.7. The molecular weight excluding hydrogens is 444 g/mol. The summed E-state index contributed by atoms with van der Waals surface area (Å²) in [6.07, 6.45) is 6.95. The monoisotopic (exact) mass is 480 g/mol. The molecule has 0 saturated heterocycles. The molecule has 1 N–H and O–H groups in total. The summed E-state index contributed by atoms with van der Waals surface area (Å²) in [6, 6.07) is 13.1. The topological polar surface area (TPSA) is 77.1 Å². The maximum absolute atomic E-state index is 13.6. The second-order valence-electron chi connectivity index (χ2n) is 9.33. The molecule has 1 aliphatic heterocycles. The average Bonchev–Trinajstić information content (AvgIpc) is 3.36. The molecule has 1 heterocycles. The minimum atomic E-state index is -0.521. The zero-order valence-corrected chi connectivity index (χ0v) is 20.8. The van der Waals surface area contributed by atoms with Crippen LogP contribution in [0.3, 0.4) is 0 Å². The van der Waals surface area contributed by atoms with Crippen molar-refractivity contribution >= 4 is 11.8 Å². The van der Waals surface area contributed by atoms with Crippen LogP contribution < -0.4 is 19.5 Å². The Kier molecular flexibility index (Phi) is 8.50. The Morgan fingerprint density at radius 3 is 2.63 bits per heavy atom. The number of benzene rings is 2. The molecule has 7 heteroatoms. The third kappa shape index (κ3) is 6.47. The molecule has 2 aliphatic rings. The van der Waals surface area contributed by atoms with Gasteiger partial charge in [-0.1, -0.05) is 44.4 Å². The van der Waals surface area contributed by atoms with Crippen molar-refractivity contribution in [3.05, 3.63) is 53.6 Å². The van der Waals surface area contributed by atoms with Crippen LogP contribution >= 0.6 is 0 Å². The summed E-state index contributed by atoms with van der Waals surface area (Å²) in [5, 5.41) is 3.23. The molecule has 188 valence electrons. The van der Waals surface area contributed by atoms with E-state index in [0.29, 0.717) is 31.6 Å². The number of carbonyl (C=O) groups is 2. The second-order valence-corrected chi connectivity index (χ2v) is 9.33. The summed E-state index contributed by atoms with van der Waals surface area (Å²) in [5.41, 5.74) is 1.94. The Labute approximate surface area is 207 Å². The quantitative estimate of drug-likeness (QED) is 0.537. The van der Waals surface area contributed by atoms with Crippen LogP contribution in [0.15, 0.2) is 42.5 Å². The van der Waals surface area contributed by atoms with Crippen LogP contribution in [0.2, 0.25) is 0 Å². The molecule has 1 fully saturated rings. The van der Waals surface area contributed by atoms with E-state index in [1.165, 1.54) is 6.42 Å². The van der Waals surface area contributed by atoms with Crippen molar-refractivity contribution in [1.29, 1.82) is 0 Å². The molecule has 1 unspecified atom stereocenters. The highest BCUT2D eigenvalue weighted by molar-refractivity contribution is 5.88. The highest BCUT2D eigenvalue weighted by Crippen LogP contribution is 2.33. The van der Waals surface area contributed by atoms with Crippen LogP contribution in [0, 0.1) is 0 Å². The average molecular weight is 481 g/mol. The zero-order chi connectivity index (χ0) is 24.6. The molecule has 2 aromatic rings. The molecule has 0 radical (unpaired) electrons. The summed E-state index contributed by atoms with van der Waals surface area (Å²) >= 11 is 0. The van der Waals surface area contributed by atoms with Crippen LogP contribution in [0.25, 0.3) is 0 Å². The van der Waals surface area contributed by atoms with E-state index < -0.39 is 6.04 Å². The summed E-state index contributed by atoms with van der Waals surface area (Å²) < 4.78 is 16.2. The number of nitrogens with one attached hydrogen (secondary N) is 1. The maximum atomic E-state index is 13.6. The van der Waals surface area contributed by atoms with E-state index in [0.717, 1.165) is 48.3 Å². The van der Waals surface area contributed by atoms with E-state index >= 15 is 0 Å². The van der Waals surface area contributed by atoms with Gasteiger partial charge in [0.2, 0.25) is 18.6 Å². The molecule has 1 aliphatic carbocycles. The predicted octanol–water partition coefficient (Wildman–Crippen LogP) is 4.61. The van der Waals surface area contributed by atoms with Gasteiger partial charge in [0.15, 0.2) is 11.5 Å². The van der Waals surface area contributed by atoms with Crippen molar-refractivity contribution in [2.75, 3.05) is 13.9 Å². The summed E-state index contributed by atoms with van der Waals surface area (Å²) in [7, 11) is 1.62. The number of carbonyl (C=O) groups excluding carboxylic acids is 2. The number of nitrogens with zero attached hydrogens (tertiary/aromatic N) is 1. The van der Waals surface area contributed by atoms with Crippen LogP contribution in [0.1, 0.15) is 63.0 Å². The van der Waals surface area contributed by atoms with Gasteiger partial charge in [0, 0.05) is 19.0 Å². The second kappa shape index (κ2) is 12.0. The van der Waals surface area contributed by atoms with E-state index in [9.17, 15) is 9.59 Å². The van der Waals surface area contributed by atoms with E-state index in [4.69, 9.17) is 14.2 Å². The Balaban J connectivity index is 1.49. The Morgan fingerprint density at radius 2 is 1.86 bits per heavy atom. The summed E-state index contributed by atoms with van der Waals surface area (Å²) in [5.74, 6) is 2.07. The Bertz CT molecular complexity index is 1020. The number of hydrogen-bond donors (Lipinski definition) is 1. The van der Waals surface area contributed by atoms with Gasteiger partial charge < -0.3 is 24.4 Å². The molecule has 7 nitrogen and oxygen atoms in total. The minimum absolute atomic E-state index is 0.0452. The fourth-order valence-corrected chi connectivity index (χ4v) is 4.92. The first-order valence-electron chi connectivity index (χ1n) is 12.7. The molecule has 0 aromatic heterocycles. The van der Waals surface area contributed by atoms with Gasteiger partial charge in [-0.2, -0.15) is 0 Å². The lowest BCUT2D eigenvalue weighted by Crippen LogP contribution is -2.51. The lowest BCUT2D eigenvalue weighted by Gasteiger charge is -2.33. The molecular formula is C28H36N2O5. The lowest BCUT2D eigenvalue weighted by molar-refractivity contribution is -0.141. The van der Waals surface area contributed by atoms with Crippen LogP contribution in [-0.4, -0.2) is 42.7 Å². The third-order valence-electron chi connectivity index (χ3n) is 6.89. The zero-order valence-electron chi connectivity index (χ0n) is 20.8. The standard InChI is InChI=1S/C28H36N2O5/c1-3-24(28(32)29-22-9-5-4-6-10-22)30(18-21-8-7-11-23(16-21)33-2)27(31)15-13-20-12-14-25-26(17-20)35-19-34-25/h7-8,11-12,14,16-17,22,24H,3-6,9-10,13,15,18-19H2,1-2H3,(H,29,32). The van der Waals surface area contributed by atoms with Gasteiger partial charge in [-0.15, -0.1) is 0 Å². The summed E-state index contributed by atoms with van der Waals surface area (Å²) in [4.78, 5) is 28.6. The van der Waals surface area contributed by atoms with Crippen LogP contribution in [0.4, 0.5) is 0 Å². The van der Waals surface area contributed by atoms with Gasteiger partial charge in [-0.05, 0) is 61.1 Å². The molecule has 35 heavy (non-hydrogen) atoms. The molecule has 0 bridgehead atoms. The van der Waals surface area contributed by atoms with Crippen molar-refractivity contribution in [2.45, 2.75) is 76.9 Å². The van der Waals surface area contributed by atoms with Gasteiger partial charge in [0.1, 0.15) is 11.8 Å². The van der Waals surface area contributed by atoms with E-state index in [1.54, 1.807) is 12.0 Å². The highest BCUT2D eigenvalue weighted by atomic mass is 16.7. The van der Waals surface area contributed by atoms with E-state index in [1.807, 2.05) is 49.4 Å². The number of methoxy groups -OCH3 is 1. The van der Waals surface area contributed by atoms with E-state index in [-0.39, 0.29) is 24.6 Å². The van der Waals surface area contributed by atoms with Gasteiger partial charge >= 0.3 is 0 Å². The van der Waals surface area contributed by atoms with E-state index in [2.05, 4.69) is 5.32 Å². The Hall–Kier alpha value is -3.22. The van der Waals surface area contributed by atoms with Gasteiger partial charge in [0.05, 0.1) is 7.11 Å². The predicted molar refractivity (Wildman–Crippen MR) is 134 cm³/mol. The van der Waals surface area contributed by atoms with Crippen molar-refractivity contribution in [2.24, 2.45) is 0 Å². The maximum Gasteiger partial charge on any atom is 0.243 e. The smallest absolute Gasteiger partial charge is 0.243 e. The largest absolute Gasteiger partial charge is 0.497 e. The van der Waals surface area contributed by atoms with Crippen LogP contribution in [-0.2, 0) is 22.6 Å². The number of ether oxygens (including phenoxy) is 3. The highest BCUT2D eigenvalue weighted by Gasteiger charge is 2.30. The molecule has 0 spiro atoms. The van der Waals surface area contributed by atoms with Gasteiger partial charge in [-0.3, -0.25) is 9.59 Å². The fourth-order valence-electron chi connectivity index (χ4n) is 4.92. The first-order chi connectivity index (χ1) is 17.1. The molecule has 2 aromatic carbocycles. The summed E-state index contributed by atoms with van der Waals surface area (Å²) in [6.45, 7) is 2.54. The number of rotatable bonds is 10. The van der Waals surface area contributed by atoms with Crippen molar-refractivity contribution in [3.8, 4) is 17.2 Å². The number of fused-ring (bicyclic) bond motifs is 1. The molecule has 2 amide bonds. The lowest BCUT2D eigenvalue weighted by atomic mass is 9.95. The fraction of sp³-hybridized carbons (Fsp3) is 0.500. The minimum Gasteiger partial charge on any atom is -0.497 e. The van der Waals surface area contributed by atoms with Crippen molar-refractivity contribution < 1.29 is 23.8 Å². The molecule has 1 saturated carbocycles. The SMILES string of the molecule is CCC(C(=O)NC1CCCCC1)N(Cc1cccc(OC)c1)C(=O)CCc1ccc2c(c1)OCO2. The first kappa shape index (κ1) is 24.9. The van der Waals surface area contributed by atoms with Crippen molar-refractivity contribution in [1.82, 2.24) is 10.2 Å². The Morgan fingerprint density at radius 1 is 1.06 bits per heavy atom. The number of aryl methyl sites for hydroxylation is 1. The molecule has 1 atom stereocenters. The number of hydrogen-bond acceptors (Lipinski definition) is 5. The normalized spacial score (nSPS) is 15.9. The van der Waals surface area contributed by atoms with Crippen LogP contribution in [0.5, 0.6) is 17.2 Å². The molecule has 4 rings (SSSR count). The van der Waals surface area contributed by atoms with Gasteiger partial charge in [0.25, 0.3) is 0 Å². The third-order valence-corrected chi connectivity index (χ3v) is 6.89. The number of amides is 2. The van der Waals surface area contributed by atoms with Crippen molar-refractivity contribution in [3.63, 3.8) is 0 Å².